The summed E-state index contributed by atoms with van der Waals surface area (Å²) in [6.07, 6.45) is 7.37. The van der Waals surface area contributed by atoms with Gasteiger partial charge in [-0.15, -0.1) is 0 Å². The van der Waals surface area contributed by atoms with E-state index in [0.717, 1.165) is 35.3 Å². The Morgan fingerprint density at radius 1 is 1.23 bits per heavy atom. The Morgan fingerprint density at radius 2 is 2.03 bits per heavy atom. The van der Waals surface area contributed by atoms with Crippen LogP contribution in [0, 0.1) is 0 Å². The number of aliphatic hydroxyl groups is 1. The molecule has 1 aromatic carbocycles. The van der Waals surface area contributed by atoms with Crippen molar-refractivity contribution in [2.75, 3.05) is 30.0 Å². The highest BCUT2D eigenvalue weighted by Gasteiger charge is 2.21. The number of nitrogens with zero attached hydrogens (tertiary/aromatic N) is 4. The highest BCUT2D eigenvalue weighted by Crippen LogP contribution is 2.32. The lowest BCUT2D eigenvalue weighted by atomic mass is 9.95. The Labute approximate surface area is 182 Å². The maximum atomic E-state index is 9.67. The molecule has 4 rings (SSSR count). The van der Waals surface area contributed by atoms with Crippen LogP contribution < -0.4 is 21.1 Å². The number of ether oxygens (including phenoxy) is 1. The van der Waals surface area contributed by atoms with Crippen LogP contribution >= 0.6 is 0 Å². The van der Waals surface area contributed by atoms with E-state index in [1.165, 1.54) is 19.3 Å². The van der Waals surface area contributed by atoms with Crippen molar-refractivity contribution in [3.8, 4) is 5.75 Å². The summed E-state index contributed by atoms with van der Waals surface area (Å²) in [7, 11) is 1.63. The van der Waals surface area contributed by atoms with Gasteiger partial charge < -0.3 is 30.8 Å². The van der Waals surface area contributed by atoms with E-state index in [4.69, 9.17) is 15.5 Å². The van der Waals surface area contributed by atoms with Crippen LogP contribution in [-0.2, 0) is 6.54 Å². The molecule has 166 valence electrons. The summed E-state index contributed by atoms with van der Waals surface area (Å²) in [5.41, 5.74) is 9.27. The fourth-order valence-corrected chi connectivity index (χ4v) is 4.03. The van der Waals surface area contributed by atoms with E-state index in [-0.39, 0.29) is 0 Å². The molecule has 0 spiro atoms. The summed E-state index contributed by atoms with van der Waals surface area (Å²) in [6, 6.07) is 5.98. The predicted octanol–water partition coefficient (Wildman–Crippen LogP) is 3.33. The average Bonchev–Trinajstić information content (AvgIpc) is 3.21. The SMILES string of the molecule is COc1ccc(N)c(CNc2nc(NCC(C)O)nc3c2ncn3C2CCCCC2)c1. The minimum atomic E-state index is -0.504. The summed E-state index contributed by atoms with van der Waals surface area (Å²) in [5.74, 6) is 1.85. The molecule has 9 nitrogen and oxygen atoms in total. The predicted molar refractivity (Wildman–Crippen MR) is 122 cm³/mol. The number of anilines is 3. The summed E-state index contributed by atoms with van der Waals surface area (Å²) < 4.78 is 7.49. The van der Waals surface area contributed by atoms with Crippen LogP contribution in [0.5, 0.6) is 5.75 Å². The van der Waals surface area contributed by atoms with Crippen LogP contribution in [0.15, 0.2) is 24.5 Å². The van der Waals surface area contributed by atoms with Crippen molar-refractivity contribution in [2.45, 2.75) is 57.7 Å². The number of imidazole rings is 1. The van der Waals surface area contributed by atoms with E-state index in [2.05, 4.69) is 25.2 Å². The average molecular weight is 426 g/mol. The van der Waals surface area contributed by atoms with Gasteiger partial charge in [-0.05, 0) is 43.5 Å². The van der Waals surface area contributed by atoms with E-state index in [9.17, 15) is 5.11 Å². The molecule has 1 aliphatic rings. The number of rotatable bonds is 8. The smallest absolute Gasteiger partial charge is 0.226 e. The first-order valence-electron chi connectivity index (χ1n) is 10.9. The second kappa shape index (κ2) is 9.38. The fraction of sp³-hybridized carbons (Fsp3) is 0.500. The van der Waals surface area contributed by atoms with Gasteiger partial charge in [0.2, 0.25) is 5.95 Å². The highest BCUT2D eigenvalue weighted by molar-refractivity contribution is 5.84. The minimum absolute atomic E-state index is 0.366. The number of nitrogens with two attached hydrogens (primary N) is 1. The van der Waals surface area contributed by atoms with Crippen LogP contribution in [0.1, 0.15) is 50.6 Å². The highest BCUT2D eigenvalue weighted by atomic mass is 16.5. The lowest BCUT2D eigenvalue weighted by Gasteiger charge is -2.23. The van der Waals surface area contributed by atoms with Gasteiger partial charge in [-0.1, -0.05) is 19.3 Å². The molecule has 0 radical (unpaired) electrons. The second-order valence-electron chi connectivity index (χ2n) is 8.16. The van der Waals surface area contributed by atoms with Crippen molar-refractivity contribution in [3.63, 3.8) is 0 Å². The molecule has 1 aliphatic carbocycles. The molecular weight excluding hydrogens is 394 g/mol. The van der Waals surface area contributed by atoms with Crippen molar-refractivity contribution in [2.24, 2.45) is 0 Å². The van der Waals surface area contributed by atoms with E-state index in [1.807, 2.05) is 24.5 Å². The van der Waals surface area contributed by atoms with E-state index >= 15 is 0 Å². The lowest BCUT2D eigenvalue weighted by Crippen LogP contribution is -2.18. The van der Waals surface area contributed by atoms with Crippen LogP contribution in [0.25, 0.3) is 11.2 Å². The number of aromatic nitrogens is 4. The van der Waals surface area contributed by atoms with Gasteiger partial charge in [-0.2, -0.15) is 9.97 Å². The first-order chi connectivity index (χ1) is 15.0. The summed E-state index contributed by atoms with van der Waals surface area (Å²) in [6.45, 7) is 2.56. The Kier molecular flexibility index (Phi) is 6.41. The number of hydrogen-bond donors (Lipinski definition) is 4. The zero-order chi connectivity index (χ0) is 21.8. The second-order valence-corrected chi connectivity index (χ2v) is 8.16. The van der Waals surface area contributed by atoms with Crippen LogP contribution in [0.2, 0.25) is 0 Å². The van der Waals surface area contributed by atoms with Gasteiger partial charge in [0, 0.05) is 24.8 Å². The van der Waals surface area contributed by atoms with Gasteiger partial charge >= 0.3 is 0 Å². The molecule has 9 heteroatoms. The third kappa shape index (κ3) is 4.82. The van der Waals surface area contributed by atoms with Crippen molar-refractivity contribution in [1.82, 2.24) is 19.5 Å². The molecule has 1 unspecified atom stereocenters. The molecule has 1 fully saturated rings. The van der Waals surface area contributed by atoms with Gasteiger partial charge in [0.25, 0.3) is 0 Å². The van der Waals surface area contributed by atoms with Crippen molar-refractivity contribution >= 4 is 28.6 Å². The van der Waals surface area contributed by atoms with E-state index < -0.39 is 6.10 Å². The quantitative estimate of drug-likeness (QED) is 0.405. The third-order valence-corrected chi connectivity index (χ3v) is 5.74. The zero-order valence-electron chi connectivity index (χ0n) is 18.1. The molecule has 3 aromatic rings. The van der Waals surface area contributed by atoms with Crippen molar-refractivity contribution < 1.29 is 9.84 Å². The molecule has 1 saturated carbocycles. The number of hydrogen-bond acceptors (Lipinski definition) is 8. The largest absolute Gasteiger partial charge is 0.497 e. The monoisotopic (exact) mass is 425 g/mol. The van der Waals surface area contributed by atoms with Gasteiger partial charge in [-0.25, -0.2) is 4.98 Å². The number of fused-ring (bicyclic) bond motifs is 1. The summed E-state index contributed by atoms with van der Waals surface area (Å²) >= 11 is 0. The van der Waals surface area contributed by atoms with Gasteiger partial charge in [0.05, 0.1) is 19.5 Å². The summed E-state index contributed by atoms with van der Waals surface area (Å²) in [5, 5.41) is 16.2. The van der Waals surface area contributed by atoms with E-state index in [0.29, 0.717) is 36.6 Å². The molecule has 0 amide bonds. The normalized spacial score (nSPS) is 15.7. The molecule has 5 N–H and O–H groups in total. The van der Waals surface area contributed by atoms with E-state index in [1.54, 1.807) is 14.0 Å². The number of methoxy groups -OCH3 is 1. The Bertz CT molecular complexity index is 1030. The minimum Gasteiger partial charge on any atom is -0.497 e. The van der Waals surface area contributed by atoms with Gasteiger partial charge in [0.15, 0.2) is 17.0 Å². The van der Waals surface area contributed by atoms with Crippen molar-refractivity contribution in [1.29, 1.82) is 0 Å². The zero-order valence-corrected chi connectivity index (χ0v) is 18.1. The van der Waals surface area contributed by atoms with Gasteiger partial charge in [-0.3, -0.25) is 0 Å². The van der Waals surface area contributed by atoms with Crippen molar-refractivity contribution in [3.05, 3.63) is 30.1 Å². The Balaban J connectivity index is 1.66. The number of aliphatic hydroxyl groups excluding tert-OH is 1. The van der Waals surface area contributed by atoms with Gasteiger partial charge in [0.1, 0.15) is 5.75 Å². The number of nitrogen functional groups attached to an aromatic ring is 1. The first-order valence-corrected chi connectivity index (χ1v) is 10.9. The topological polar surface area (TPSA) is 123 Å². The van der Waals surface area contributed by atoms with Crippen LogP contribution in [0.4, 0.5) is 17.5 Å². The number of nitrogens with one attached hydrogen (secondary N) is 2. The molecule has 0 saturated heterocycles. The molecule has 2 heterocycles. The van der Waals surface area contributed by atoms with Crippen LogP contribution in [0.3, 0.4) is 0 Å². The molecule has 1 atom stereocenters. The molecule has 0 bridgehead atoms. The Morgan fingerprint density at radius 3 is 2.77 bits per heavy atom. The number of benzene rings is 1. The maximum Gasteiger partial charge on any atom is 0.226 e. The molecular formula is C22H31N7O2. The fourth-order valence-electron chi connectivity index (χ4n) is 4.03. The molecule has 0 aliphatic heterocycles. The summed E-state index contributed by atoms with van der Waals surface area (Å²) in [4.78, 5) is 14.0. The Hall–Kier alpha value is -3.07. The standard InChI is InChI=1S/C22H31N7O2/c1-14(30)11-25-22-27-20(24-12-15-10-17(31-2)8-9-18(15)23)19-21(28-22)29(13-26-19)16-6-4-3-5-7-16/h8-10,13-14,16,30H,3-7,11-12,23H2,1-2H3,(H2,24,25,27,28). The molecule has 31 heavy (non-hydrogen) atoms. The molecule has 2 aromatic heterocycles. The maximum absolute atomic E-state index is 9.67. The van der Waals surface area contributed by atoms with Crippen LogP contribution in [-0.4, -0.2) is 44.4 Å². The lowest BCUT2D eigenvalue weighted by molar-refractivity contribution is 0.208. The third-order valence-electron chi connectivity index (χ3n) is 5.74. The first kappa shape index (κ1) is 21.2.